The Morgan fingerprint density at radius 1 is 1.00 bits per heavy atom. The van der Waals surface area contributed by atoms with Gasteiger partial charge in [0.1, 0.15) is 11.4 Å². The number of hydrazone groups is 1. The van der Waals surface area contributed by atoms with Gasteiger partial charge in [-0.15, -0.1) is 0 Å². The van der Waals surface area contributed by atoms with E-state index in [9.17, 15) is 0 Å². The molecule has 2 aromatic carbocycles. The Kier molecular flexibility index (Phi) is 9.27. The van der Waals surface area contributed by atoms with Crippen molar-refractivity contribution in [3.05, 3.63) is 78.1 Å². The van der Waals surface area contributed by atoms with Gasteiger partial charge in [-0.05, 0) is 73.5 Å². The van der Waals surface area contributed by atoms with E-state index >= 15 is 0 Å². The van der Waals surface area contributed by atoms with Gasteiger partial charge in [0.15, 0.2) is 17.3 Å². The molecule has 0 aliphatic heterocycles. The largest absolute Gasteiger partial charge is 0.494 e. The van der Waals surface area contributed by atoms with Gasteiger partial charge in [-0.2, -0.15) is 5.10 Å². The van der Waals surface area contributed by atoms with Crippen LogP contribution in [0.3, 0.4) is 0 Å². The fourth-order valence-electron chi connectivity index (χ4n) is 2.93. The maximum atomic E-state index is 5.79. The molecular formula is C26H30N4O3. The first-order valence-electron chi connectivity index (χ1n) is 11.1. The van der Waals surface area contributed by atoms with E-state index in [0.717, 1.165) is 35.6 Å². The maximum absolute atomic E-state index is 5.79. The van der Waals surface area contributed by atoms with E-state index in [1.807, 2.05) is 67.6 Å². The van der Waals surface area contributed by atoms with Crippen LogP contribution in [0.2, 0.25) is 0 Å². The number of nitrogens with one attached hydrogen (secondary N) is 1. The number of amidine groups is 1. The van der Waals surface area contributed by atoms with E-state index in [4.69, 9.17) is 14.2 Å². The molecule has 0 atom stereocenters. The van der Waals surface area contributed by atoms with Crippen molar-refractivity contribution in [3.8, 4) is 17.2 Å². The summed E-state index contributed by atoms with van der Waals surface area (Å²) in [4.78, 5) is 9.07. The van der Waals surface area contributed by atoms with Gasteiger partial charge in [0.2, 0.25) is 0 Å². The molecule has 0 saturated heterocycles. The van der Waals surface area contributed by atoms with Gasteiger partial charge < -0.3 is 14.2 Å². The predicted molar refractivity (Wildman–Crippen MR) is 132 cm³/mol. The lowest BCUT2D eigenvalue weighted by atomic mass is 10.2. The molecule has 0 spiro atoms. The minimum Gasteiger partial charge on any atom is -0.494 e. The molecule has 0 fully saturated rings. The maximum Gasteiger partial charge on any atom is 0.172 e. The lowest BCUT2D eigenvalue weighted by Crippen LogP contribution is -2.20. The van der Waals surface area contributed by atoms with Crippen LogP contribution in [0.1, 0.15) is 37.9 Å². The SMILES string of the molecule is CCCCOc1ccc(/C=N/NC(=Nc2ccc(OCC)cc2)c2ccccn2)cc1OC. The van der Waals surface area contributed by atoms with Crippen molar-refractivity contribution in [2.24, 2.45) is 10.1 Å². The minimum atomic E-state index is 0.530. The molecule has 3 aromatic rings. The van der Waals surface area contributed by atoms with Crippen LogP contribution in [0, 0.1) is 0 Å². The van der Waals surface area contributed by atoms with Gasteiger partial charge in [0.25, 0.3) is 0 Å². The fourth-order valence-corrected chi connectivity index (χ4v) is 2.93. The van der Waals surface area contributed by atoms with Crippen LogP contribution in [0.4, 0.5) is 5.69 Å². The summed E-state index contributed by atoms with van der Waals surface area (Å²) in [5, 5.41) is 4.38. The van der Waals surface area contributed by atoms with Gasteiger partial charge in [-0.3, -0.25) is 10.4 Å². The quantitative estimate of drug-likeness (QED) is 0.185. The molecule has 0 aliphatic carbocycles. The lowest BCUT2D eigenvalue weighted by Gasteiger charge is -2.11. The number of ether oxygens (including phenoxy) is 3. The van der Waals surface area contributed by atoms with Crippen molar-refractivity contribution in [3.63, 3.8) is 0 Å². The third-order valence-corrected chi connectivity index (χ3v) is 4.62. The monoisotopic (exact) mass is 446 g/mol. The number of aliphatic imine (C=N–C) groups is 1. The van der Waals surface area contributed by atoms with Crippen LogP contribution in [0.15, 0.2) is 77.0 Å². The highest BCUT2D eigenvalue weighted by atomic mass is 16.5. The average molecular weight is 447 g/mol. The molecule has 0 amide bonds. The first-order chi connectivity index (χ1) is 16.2. The van der Waals surface area contributed by atoms with Gasteiger partial charge in [-0.1, -0.05) is 19.4 Å². The summed E-state index contributed by atoms with van der Waals surface area (Å²) in [6.45, 7) is 5.37. The molecule has 1 N–H and O–H groups in total. The Morgan fingerprint density at radius 2 is 1.85 bits per heavy atom. The van der Waals surface area contributed by atoms with Gasteiger partial charge in [0, 0.05) is 6.20 Å². The van der Waals surface area contributed by atoms with E-state index in [-0.39, 0.29) is 0 Å². The number of rotatable bonds is 11. The zero-order valence-electron chi connectivity index (χ0n) is 19.3. The summed E-state index contributed by atoms with van der Waals surface area (Å²) in [7, 11) is 1.63. The van der Waals surface area contributed by atoms with Crippen LogP contribution in [0.5, 0.6) is 17.2 Å². The first-order valence-corrected chi connectivity index (χ1v) is 11.1. The highest BCUT2D eigenvalue weighted by molar-refractivity contribution is 5.99. The Morgan fingerprint density at radius 3 is 2.55 bits per heavy atom. The molecule has 7 nitrogen and oxygen atoms in total. The Labute approximate surface area is 195 Å². The van der Waals surface area contributed by atoms with Crippen LogP contribution < -0.4 is 19.6 Å². The average Bonchev–Trinajstić information content (AvgIpc) is 2.86. The summed E-state index contributed by atoms with van der Waals surface area (Å²) >= 11 is 0. The van der Waals surface area contributed by atoms with E-state index in [1.165, 1.54) is 0 Å². The summed E-state index contributed by atoms with van der Waals surface area (Å²) in [5.74, 6) is 2.73. The molecule has 33 heavy (non-hydrogen) atoms. The summed E-state index contributed by atoms with van der Waals surface area (Å²) < 4.78 is 16.8. The molecule has 172 valence electrons. The number of hydrogen-bond donors (Lipinski definition) is 1. The van der Waals surface area contributed by atoms with E-state index in [2.05, 4.69) is 27.4 Å². The third kappa shape index (κ3) is 7.35. The van der Waals surface area contributed by atoms with Crippen molar-refractivity contribution in [2.45, 2.75) is 26.7 Å². The highest BCUT2D eigenvalue weighted by Crippen LogP contribution is 2.27. The van der Waals surface area contributed by atoms with Crippen molar-refractivity contribution < 1.29 is 14.2 Å². The van der Waals surface area contributed by atoms with Crippen molar-refractivity contribution >= 4 is 17.7 Å². The number of methoxy groups -OCH3 is 1. The Balaban J connectivity index is 1.76. The normalized spacial score (nSPS) is 11.4. The van der Waals surface area contributed by atoms with E-state index < -0.39 is 0 Å². The molecule has 0 radical (unpaired) electrons. The predicted octanol–water partition coefficient (Wildman–Crippen LogP) is 5.37. The van der Waals surface area contributed by atoms with Gasteiger partial charge in [-0.25, -0.2) is 4.99 Å². The number of aromatic nitrogens is 1. The molecule has 0 unspecified atom stereocenters. The number of benzene rings is 2. The third-order valence-electron chi connectivity index (χ3n) is 4.62. The molecule has 7 heteroatoms. The number of nitrogens with zero attached hydrogens (tertiary/aromatic N) is 3. The second-order valence-corrected chi connectivity index (χ2v) is 7.08. The zero-order chi connectivity index (χ0) is 23.3. The van der Waals surface area contributed by atoms with Crippen LogP contribution in [-0.2, 0) is 0 Å². The molecular weight excluding hydrogens is 416 g/mol. The minimum absolute atomic E-state index is 0.530. The molecule has 0 bridgehead atoms. The molecule has 1 heterocycles. The van der Waals surface area contributed by atoms with Crippen molar-refractivity contribution in [1.29, 1.82) is 0 Å². The van der Waals surface area contributed by atoms with Gasteiger partial charge >= 0.3 is 0 Å². The number of hydrogen-bond acceptors (Lipinski definition) is 6. The fraction of sp³-hybridized carbons (Fsp3) is 0.269. The van der Waals surface area contributed by atoms with E-state index in [0.29, 0.717) is 30.5 Å². The summed E-state index contributed by atoms with van der Waals surface area (Å²) in [5.41, 5.74) is 5.33. The number of unbranched alkanes of at least 4 members (excludes halogenated alkanes) is 1. The highest BCUT2D eigenvalue weighted by Gasteiger charge is 2.07. The first kappa shape index (κ1) is 23.8. The van der Waals surface area contributed by atoms with Crippen LogP contribution in [-0.4, -0.2) is 37.4 Å². The van der Waals surface area contributed by atoms with Crippen molar-refractivity contribution in [1.82, 2.24) is 10.4 Å². The smallest absolute Gasteiger partial charge is 0.172 e. The lowest BCUT2D eigenvalue weighted by molar-refractivity contribution is 0.288. The molecule has 0 aliphatic rings. The second-order valence-electron chi connectivity index (χ2n) is 7.08. The Bertz CT molecular complexity index is 1050. The van der Waals surface area contributed by atoms with Crippen LogP contribution in [0.25, 0.3) is 0 Å². The molecule has 1 aromatic heterocycles. The van der Waals surface area contributed by atoms with Gasteiger partial charge in [0.05, 0.1) is 32.2 Å². The van der Waals surface area contributed by atoms with E-state index in [1.54, 1.807) is 19.5 Å². The van der Waals surface area contributed by atoms with Crippen LogP contribution >= 0.6 is 0 Å². The topological polar surface area (TPSA) is 77.3 Å². The van der Waals surface area contributed by atoms with Crippen molar-refractivity contribution in [2.75, 3.05) is 20.3 Å². The summed E-state index contributed by atoms with van der Waals surface area (Å²) in [6, 6.07) is 18.9. The second kappa shape index (κ2) is 12.9. The molecule has 0 saturated carbocycles. The molecule has 3 rings (SSSR count). The summed E-state index contributed by atoms with van der Waals surface area (Å²) in [6.07, 6.45) is 5.50. The standard InChI is InChI=1S/C26H30N4O3/c1-4-6-17-33-24-15-10-20(18-25(24)31-3)19-28-30-26(23-9-7-8-16-27-23)29-21-11-13-22(14-12-21)32-5-2/h7-16,18-19H,4-6,17H2,1-3H3,(H,29,30)/b28-19+. The zero-order valence-corrected chi connectivity index (χ0v) is 19.3. The Hall–Kier alpha value is -3.87. The number of pyridine rings is 1.